The summed E-state index contributed by atoms with van der Waals surface area (Å²) < 4.78 is 0. The van der Waals surface area contributed by atoms with Gasteiger partial charge >= 0.3 is 0 Å². The molecule has 3 aliphatic carbocycles. The van der Waals surface area contributed by atoms with Crippen molar-refractivity contribution >= 4 is 23.8 Å². The van der Waals surface area contributed by atoms with Crippen LogP contribution in [-0.2, 0) is 19.8 Å². The highest BCUT2D eigenvalue weighted by molar-refractivity contribution is 6.24. The van der Waals surface area contributed by atoms with Gasteiger partial charge in [-0.25, -0.2) is 4.90 Å². The maximum atomic E-state index is 13.7. The first kappa shape index (κ1) is 17.2. The first-order valence-corrected chi connectivity index (χ1v) is 9.91. The Hall–Kier alpha value is -3.73. The molecule has 1 N–H and O–H groups in total. The van der Waals surface area contributed by atoms with Crippen molar-refractivity contribution in [3.63, 3.8) is 0 Å². The normalized spacial score (nSPS) is 28.1. The van der Waals surface area contributed by atoms with Crippen LogP contribution in [0.2, 0.25) is 0 Å². The molecule has 1 aliphatic heterocycles. The Morgan fingerprint density at radius 3 is 1.93 bits per heavy atom. The van der Waals surface area contributed by atoms with Gasteiger partial charge in [0.1, 0.15) is 12.0 Å². The molecule has 0 radical (unpaired) electrons. The van der Waals surface area contributed by atoms with E-state index in [-0.39, 0.29) is 23.5 Å². The monoisotopic (exact) mass is 395 g/mol. The maximum Gasteiger partial charge on any atom is 0.239 e. The molecular weight excluding hydrogens is 378 g/mol. The molecule has 0 saturated carbocycles. The van der Waals surface area contributed by atoms with Crippen LogP contribution in [0.25, 0.3) is 0 Å². The summed E-state index contributed by atoms with van der Waals surface area (Å²) in [5.74, 6) is -2.30. The third kappa shape index (κ3) is 1.81. The summed E-state index contributed by atoms with van der Waals surface area (Å²) >= 11 is 0. The summed E-state index contributed by atoms with van der Waals surface area (Å²) in [6.07, 6.45) is 0.864. The summed E-state index contributed by atoms with van der Waals surface area (Å²) in [5, 5.41) is 9.61. The Labute approximate surface area is 172 Å². The molecule has 0 aromatic heterocycles. The molecule has 2 amide bonds. The standard InChI is InChI=1S/C25H17NO4/c27-13-25-18-7-3-1-5-16(18)20(17-6-2-4-8-19(17)25)21-22(25)24(30)26(23(21)29)14-9-11-15(28)12-10-14/h1-13,20-22,28H/t20?,21-,22+,25?/m0/s1. The molecule has 3 aromatic rings. The number of benzene rings is 3. The number of amides is 2. The van der Waals surface area contributed by atoms with Gasteiger partial charge in [-0.05, 0) is 46.5 Å². The molecule has 5 nitrogen and oxygen atoms in total. The van der Waals surface area contributed by atoms with Crippen molar-refractivity contribution in [1.82, 2.24) is 0 Å². The number of aldehydes is 1. The van der Waals surface area contributed by atoms with Crippen LogP contribution in [0.15, 0.2) is 72.8 Å². The van der Waals surface area contributed by atoms with E-state index in [4.69, 9.17) is 0 Å². The van der Waals surface area contributed by atoms with Crippen molar-refractivity contribution in [1.29, 1.82) is 0 Å². The highest BCUT2D eigenvalue weighted by Crippen LogP contribution is 2.63. The van der Waals surface area contributed by atoms with Crippen molar-refractivity contribution in [3.8, 4) is 5.75 Å². The lowest BCUT2D eigenvalue weighted by Gasteiger charge is -2.51. The molecule has 7 rings (SSSR count). The van der Waals surface area contributed by atoms with E-state index < -0.39 is 17.3 Å². The van der Waals surface area contributed by atoms with Crippen LogP contribution < -0.4 is 4.90 Å². The molecule has 1 heterocycles. The van der Waals surface area contributed by atoms with E-state index in [0.29, 0.717) is 5.69 Å². The second kappa shape index (κ2) is 5.66. The molecular formula is C25H17NO4. The average molecular weight is 395 g/mol. The predicted octanol–water partition coefficient (Wildman–Crippen LogP) is 3.14. The van der Waals surface area contributed by atoms with E-state index in [9.17, 15) is 19.5 Å². The second-order valence-corrected chi connectivity index (χ2v) is 8.17. The number of hydrogen-bond acceptors (Lipinski definition) is 4. The van der Waals surface area contributed by atoms with Crippen LogP contribution in [0.3, 0.4) is 0 Å². The molecule has 0 spiro atoms. The minimum atomic E-state index is -1.19. The quantitative estimate of drug-likeness (QED) is 0.534. The fraction of sp³-hybridized carbons (Fsp3) is 0.160. The second-order valence-electron chi connectivity index (χ2n) is 8.17. The highest BCUT2D eigenvalue weighted by Gasteiger charge is 2.68. The van der Waals surface area contributed by atoms with Gasteiger partial charge in [0.15, 0.2) is 0 Å². The van der Waals surface area contributed by atoms with Crippen molar-refractivity contribution in [3.05, 3.63) is 95.1 Å². The summed E-state index contributed by atoms with van der Waals surface area (Å²) in [4.78, 5) is 41.3. The predicted molar refractivity (Wildman–Crippen MR) is 109 cm³/mol. The maximum absolute atomic E-state index is 13.7. The smallest absolute Gasteiger partial charge is 0.239 e. The lowest BCUT2D eigenvalue weighted by Crippen LogP contribution is -2.54. The van der Waals surface area contributed by atoms with Crippen molar-refractivity contribution in [2.24, 2.45) is 11.8 Å². The first-order chi connectivity index (χ1) is 14.6. The molecule has 1 saturated heterocycles. The van der Waals surface area contributed by atoms with Crippen LogP contribution in [0.1, 0.15) is 28.2 Å². The molecule has 0 unspecified atom stereocenters. The summed E-state index contributed by atoms with van der Waals surface area (Å²) in [5.41, 5.74) is 2.74. The Bertz CT molecular complexity index is 1200. The van der Waals surface area contributed by atoms with E-state index in [1.807, 2.05) is 48.5 Å². The molecule has 4 aliphatic rings. The van der Waals surface area contributed by atoms with E-state index in [1.54, 1.807) is 12.1 Å². The van der Waals surface area contributed by atoms with Gasteiger partial charge in [0.2, 0.25) is 11.8 Å². The van der Waals surface area contributed by atoms with Gasteiger partial charge in [0.25, 0.3) is 0 Å². The molecule has 30 heavy (non-hydrogen) atoms. The van der Waals surface area contributed by atoms with Gasteiger partial charge in [0, 0.05) is 5.92 Å². The van der Waals surface area contributed by atoms with E-state index in [2.05, 4.69) is 0 Å². The van der Waals surface area contributed by atoms with Crippen LogP contribution in [0.5, 0.6) is 5.75 Å². The molecule has 1 fully saturated rings. The number of nitrogens with zero attached hydrogens (tertiary/aromatic N) is 1. The Kier molecular flexibility index (Phi) is 3.24. The van der Waals surface area contributed by atoms with Crippen molar-refractivity contribution < 1.29 is 19.5 Å². The number of phenolic OH excluding ortho intramolecular Hbond substituents is 1. The van der Waals surface area contributed by atoms with E-state index in [1.165, 1.54) is 17.0 Å². The fourth-order valence-electron chi connectivity index (χ4n) is 5.89. The van der Waals surface area contributed by atoms with Gasteiger partial charge in [-0.3, -0.25) is 9.59 Å². The number of aromatic hydroxyl groups is 1. The van der Waals surface area contributed by atoms with Gasteiger partial charge in [0.05, 0.1) is 22.9 Å². The SMILES string of the molecule is O=CC12c3ccccc3C(c3ccccc31)[C@@H]1C(=O)N(c3ccc(O)cc3)C(=O)[C@@H]12. The van der Waals surface area contributed by atoms with E-state index >= 15 is 0 Å². The Morgan fingerprint density at radius 1 is 0.800 bits per heavy atom. The zero-order chi connectivity index (χ0) is 20.6. The number of phenols is 1. The summed E-state index contributed by atoms with van der Waals surface area (Å²) in [6.45, 7) is 0. The van der Waals surface area contributed by atoms with Crippen molar-refractivity contribution in [2.75, 3.05) is 4.90 Å². The average Bonchev–Trinajstić information content (AvgIpc) is 3.05. The number of imide groups is 1. The molecule has 2 atom stereocenters. The number of carbonyl (C=O) groups is 3. The highest BCUT2D eigenvalue weighted by atomic mass is 16.3. The van der Waals surface area contributed by atoms with Gasteiger partial charge in [-0.2, -0.15) is 0 Å². The third-order valence-electron chi connectivity index (χ3n) is 6.98. The summed E-state index contributed by atoms with van der Waals surface area (Å²) in [7, 11) is 0. The first-order valence-electron chi connectivity index (χ1n) is 9.91. The zero-order valence-corrected chi connectivity index (χ0v) is 15.9. The van der Waals surface area contributed by atoms with Crippen molar-refractivity contribution in [2.45, 2.75) is 11.3 Å². The zero-order valence-electron chi connectivity index (χ0n) is 15.9. The van der Waals surface area contributed by atoms with Gasteiger partial charge in [-0.15, -0.1) is 0 Å². The van der Waals surface area contributed by atoms with Gasteiger partial charge in [-0.1, -0.05) is 48.5 Å². The number of hydrogen-bond donors (Lipinski definition) is 1. The number of rotatable bonds is 2. The lowest BCUT2D eigenvalue weighted by molar-refractivity contribution is -0.128. The van der Waals surface area contributed by atoms with Gasteiger partial charge < -0.3 is 9.90 Å². The van der Waals surface area contributed by atoms with Crippen LogP contribution in [0, 0.1) is 11.8 Å². The third-order valence-corrected chi connectivity index (χ3v) is 6.98. The van der Waals surface area contributed by atoms with Crippen LogP contribution in [0.4, 0.5) is 5.69 Å². The van der Waals surface area contributed by atoms with Crippen LogP contribution >= 0.6 is 0 Å². The Morgan fingerprint density at radius 2 is 1.37 bits per heavy atom. The fourth-order valence-corrected chi connectivity index (χ4v) is 5.89. The minimum absolute atomic E-state index is 0.0551. The summed E-state index contributed by atoms with van der Waals surface area (Å²) in [6, 6.07) is 21.3. The number of anilines is 1. The topological polar surface area (TPSA) is 74.7 Å². The minimum Gasteiger partial charge on any atom is -0.508 e. The van der Waals surface area contributed by atoms with Crippen LogP contribution in [-0.4, -0.2) is 23.2 Å². The molecule has 2 bridgehead atoms. The largest absolute Gasteiger partial charge is 0.508 e. The molecule has 5 heteroatoms. The molecule has 3 aromatic carbocycles. The Balaban J connectivity index is 1.64. The number of carbonyl (C=O) groups excluding carboxylic acids is 3. The van der Waals surface area contributed by atoms with E-state index in [0.717, 1.165) is 28.5 Å². The lowest BCUT2D eigenvalue weighted by atomic mass is 9.48. The molecule has 146 valence electrons.